The van der Waals surface area contributed by atoms with E-state index >= 15 is 0 Å². The predicted molar refractivity (Wildman–Crippen MR) is 104 cm³/mol. The van der Waals surface area contributed by atoms with Crippen molar-refractivity contribution in [3.63, 3.8) is 0 Å². The predicted octanol–water partition coefficient (Wildman–Crippen LogP) is 6.26. The molecule has 1 aliphatic rings. The van der Waals surface area contributed by atoms with Crippen LogP contribution in [0.2, 0.25) is 0 Å². The van der Waals surface area contributed by atoms with Crippen LogP contribution in [-0.4, -0.2) is 0 Å². The van der Waals surface area contributed by atoms with E-state index < -0.39 is 0 Å². The van der Waals surface area contributed by atoms with Crippen LogP contribution in [0.15, 0.2) is 48.5 Å². The average Bonchev–Trinajstić information content (AvgIpc) is 2.59. The Balaban J connectivity index is 1.72. The number of benzene rings is 2. The molecular formula is C23H31N. The SMILES string of the molecule is CCCC1(Cc2ccc(N)cc2)CCC(c2ccccc2C)CC1. The Hall–Kier alpha value is -1.76. The minimum absolute atomic E-state index is 0.490. The number of aryl methyl sites for hydroxylation is 1. The lowest BCUT2D eigenvalue weighted by Crippen LogP contribution is -2.29. The van der Waals surface area contributed by atoms with Crippen molar-refractivity contribution < 1.29 is 0 Å². The minimum Gasteiger partial charge on any atom is -0.399 e. The molecule has 0 radical (unpaired) electrons. The molecule has 128 valence electrons. The van der Waals surface area contributed by atoms with E-state index in [-0.39, 0.29) is 0 Å². The van der Waals surface area contributed by atoms with Gasteiger partial charge in [-0.15, -0.1) is 0 Å². The molecule has 0 aliphatic heterocycles. The maximum absolute atomic E-state index is 5.85. The highest BCUT2D eigenvalue weighted by molar-refractivity contribution is 5.39. The zero-order valence-electron chi connectivity index (χ0n) is 15.2. The van der Waals surface area contributed by atoms with Crippen molar-refractivity contribution >= 4 is 5.69 Å². The fourth-order valence-corrected chi connectivity index (χ4v) is 4.70. The van der Waals surface area contributed by atoms with Gasteiger partial charge in [0.2, 0.25) is 0 Å². The quantitative estimate of drug-likeness (QED) is 0.646. The van der Waals surface area contributed by atoms with Gasteiger partial charge in [-0.2, -0.15) is 0 Å². The summed E-state index contributed by atoms with van der Waals surface area (Å²) in [5.41, 5.74) is 11.7. The highest BCUT2D eigenvalue weighted by atomic mass is 14.5. The van der Waals surface area contributed by atoms with Crippen molar-refractivity contribution in [3.05, 3.63) is 65.2 Å². The van der Waals surface area contributed by atoms with Crippen LogP contribution in [0.1, 0.15) is 68.1 Å². The summed E-state index contributed by atoms with van der Waals surface area (Å²) < 4.78 is 0. The Bertz CT molecular complexity index is 648. The fourth-order valence-electron chi connectivity index (χ4n) is 4.70. The van der Waals surface area contributed by atoms with Crippen LogP contribution in [0.25, 0.3) is 0 Å². The van der Waals surface area contributed by atoms with Crippen LogP contribution in [0.4, 0.5) is 5.69 Å². The second kappa shape index (κ2) is 7.42. The van der Waals surface area contributed by atoms with Crippen LogP contribution in [0.5, 0.6) is 0 Å². The van der Waals surface area contributed by atoms with E-state index in [0.717, 1.165) is 11.6 Å². The van der Waals surface area contributed by atoms with Gasteiger partial charge in [-0.3, -0.25) is 0 Å². The molecule has 3 rings (SSSR count). The molecule has 0 unspecified atom stereocenters. The van der Waals surface area contributed by atoms with Crippen molar-refractivity contribution in [1.29, 1.82) is 0 Å². The highest BCUT2D eigenvalue weighted by Gasteiger charge is 2.35. The third-order valence-electron chi connectivity index (χ3n) is 6.01. The minimum atomic E-state index is 0.490. The third-order valence-corrected chi connectivity index (χ3v) is 6.01. The first kappa shape index (κ1) is 17.1. The van der Waals surface area contributed by atoms with Crippen LogP contribution < -0.4 is 5.73 Å². The topological polar surface area (TPSA) is 26.0 Å². The molecule has 0 heterocycles. The van der Waals surface area contributed by atoms with E-state index in [1.54, 1.807) is 5.56 Å². The summed E-state index contributed by atoms with van der Waals surface area (Å²) in [5.74, 6) is 0.752. The lowest BCUT2D eigenvalue weighted by molar-refractivity contribution is 0.156. The van der Waals surface area contributed by atoms with Gasteiger partial charge in [0.1, 0.15) is 0 Å². The van der Waals surface area contributed by atoms with Crippen molar-refractivity contribution in [2.45, 2.75) is 64.7 Å². The van der Waals surface area contributed by atoms with Gasteiger partial charge >= 0.3 is 0 Å². The standard InChI is InChI=1S/C23H31N/c1-3-14-23(17-19-8-10-21(24)11-9-19)15-12-20(13-16-23)22-7-5-4-6-18(22)2/h4-11,20H,3,12-17,24H2,1-2H3. The molecule has 2 N–H and O–H groups in total. The lowest BCUT2D eigenvalue weighted by Gasteiger charge is -2.41. The van der Waals surface area contributed by atoms with Gasteiger partial charge < -0.3 is 5.73 Å². The highest BCUT2D eigenvalue weighted by Crippen LogP contribution is 2.48. The molecule has 0 atom stereocenters. The van der Waals surface area contributed by atoms with E-state index in [0.29, 0.717) is 5.41 Å². The fraction of sp³-hybridized carbons (Fsp3) is 0.478. The molecule has 24 heavy (non-hydrogen) atoms. The normalized spacial score (nSPS) is 24.0. The van der Waals surface area contributed by atoms with E-state index in [2.05, 4.69) is 50.2 Å². The average molecular weight is 322 g/mol. The summed E-state index contributed by atoms with van der Waals surface area (Å²) in [6.07, 6.45) is 9.21. The largest absolute Gasteiger partial charge is 0.399 e. The van der Waals surface area contributed by atoms with Crippen molar-refractivity contribution in [2.24, 2.45) is 5.41 Å². The zero-order chi connectivity index (χ0) is 17.0. The zero-order valence-corrected chi connectivity index (χ0v) is 15.2. The Kier molecular flexibility index (Phi) is 5.28. The molecule has 1 fully saturated rings. The van der Waals surface area contributed by atoms with E-state index in [1.807, 2.05) is 12.1 Å². The second-order valence-corrected chi connectivity index (χ2v) is 7.80. The molecular weight excluding hydrogens is 290 g/mol. The van der Waals surface area contributed by atoms with E-state index in [9.17, 15) is 0 Å². The first-order chi connectivity index (χ1) is 11.6. The van der Waals surface area contributed by atoms with E-state index in [4.69, 9.17) is 5.73 Å². The molecule has 1 aliphatic carbocycles. The molecule has 0 spiro atoms. The number of nitrogens with two attached hydrogens (primary N) is 1. The number of nitrogen functional groups attached to an aromatic ring is 1. The summed E-state index contributed by atoms with van der Waals surface area (Å²) in [6.45, 7) is 4.59. The van der Waals surface area contributed by atoms with Gasteiger partial charge in [-0.05, 0) is 85.6 Å². The van der Waals surface area contributed by atoms with Gasteiger partial charge in [-0.25, -0.2) is 0 Å². The Morgan fingerprint density at radius 3 is 2.29 bits per heavy atom. The van der Waals surface area contributed by atoms with Crippen molar-refractivity contribution in [3.8, 4) is 0 Å². The van der Waals surface area contributed by atoms with Gasteiger partial charge in [0.15, 0.2) is 0 Å². The van der Waals surface area contributed by atoms with Crippen LogP contribution >= 0.6 is 0 Å². The lowest BCUT2D eigenvalue weighted by atomic mass is 9.64. The Morgan fingerprint density at radius 1 is 1.00 bits per heavy atom. The first-order valence-corrected chi connectivity index (χ1v) is 9.52. The maximum Gasteiger partial charge on any atom is 0.0314 e. The molecule has 1 saturated carbocycles. The van der Waals surface area contributed by atoms with Gasteiger partial charge in [0.05, 0.1) is 0 Å². The monoisotopic (exact) mass is 321 g/mol. The number of hydrogen-bond acceptors (Lipinski definition) is 1. The summed E-state index contributed by atoms with van der Waals surface area (Å²) >= 11 is 0. The summed E-state index contributed by atoms with van der Waals surface area (Å²) in [5, 5.41) is 0. The molecule has 0 amide bonds. The van der Waals surface area contributed by atoms with Gasteiger partial charge in [-0.1, -0.05) is 49.7 Å². The first-order valence-electron chi connectivity index (χ1n) is 9.52. The summed E-state index contributed by atoms with van der Waals surface area (Å²) in [6, 6.07) is 17.5. The smallest absolute Gasteiger partial charge is 0.0314 e. The van der Waals surface area contributed by atoms with Crippen LogP contribution in [0.3, 0.4) is 0 Å². The van der Waals surface area contributed by atoms with Crippen molar-refractivity contribution in [1.82, 2.24) is 0 Å². The van der Waals surface area contributed by atoms with Gasteiger partial charge in [0, 0.05) is 5.69 Å². The third kappa shape index (κ3) is 3.83. The Morgan fingerprint density at radius 2 is 1.67 bits per heavy atom. The van der Waals surface area contributed by atoms with Crippen LogP contribution in [0, 0.1) is 12.3 Å². The summed E-state index contributed by atoms with van der Waals surface area (Å²) in [7, 11) is 0. The molecule has 2 aromatic carbocycles. The van der Waals surface area contributed by atoms with Gasteiger partial charge in [0.25, 0.3) is 0 Å². The summed E-state index contributed by atoms with van der Waals surface area (Å²) in [4.78, 5) is 0. The second-order valence-electron chi connectivity index (χ2n) is 7.80. The number of anilines is 1. The molecule has 2 aromatic rings. The molecule has 0 saturated heterocycles. The van der Waals surface area contributed by atoms with Crippen LogP contribution in [-0.2, 0) is 6.42 Å². The Labute approximate surface area is 147 Å². The molecule has 0 bridgehead atoms. The van der Waals surface area contributed by atoms with Crippen molar-refractivity contribution in [2.75, 3.05) is 5.73 Å². The number of rotatable bonds is 5. The number of hydrogen-bond donors (Lipinski definition) is 1. The molecule has 1 heteroatoms. The molecule has 1 nitrogen and oxygen atoms in total. The van der Waals surface area contributed by atoms with E-state index in [1.165, 1.54) is 56.1 Å². The maximum atomic E-state index is 5.85. The molecule has 0 aromatic heterocycles.